The lowest BCUT2D eigenvalue weighted by molar-refractivity contribution is 0.104. The molecule has 1 rings (SSSR count). The molecule has 1 aromatic rings. The van der Waals surface area contributed by atoms with Gasteiger partial charge in [0.25, 0.3) is 0 Å². The second kappa shape index (κ2) is 4.27. The molecule has 0 saturated carbocycles. The Morgan fingerprint density at radius 1 is 1.50 bits per heavy atom. The molecule has 64 valence electrons. The van der Waals surface area contributed by atoms with E-state index in [2.05, 4.69) is 19.4 Å². The molecular formula is C7H8N2O3. The molecule has 0 amide bonds. The van der Waals surface area contributed by atoms with Gasteiger partial charge in [0.2, 0.25) is 0 Å². The van der Waals surface area contributed by atoms with Gasteiger partial charge in [0.1, 0.15) is 6.33 Å². The van der Waals surface area contributed by atoms with E-state index in [0.717, 1.165) is 0 Å². The Balaban J connectivity index is 2.47. The van der Waals surface area contributed by atoms with Crippen molar-refractivity contribution >= 4 is 6.16 Å². The van der Waals surface area contributed by atoms with E-state index < -0.39 is 6.16 Å². The first kappa shape index (κ1) is 8.45. The zero-order valence-electron chi connectivity index (χ0n) is 6.56. The van der Waals surface area contributed by atoms with Crippen molar-refractivity contribution in [2.75, 3.05) is 6.61 Å². The average Bonchev–Trinajstić information content (AvgIpc) is 2.06. The van der Waals surface area contributed by atoms with Crippen molar-refractivity contribution in [3.63, 3.8) is 0 Å². The minimum Gasteiger partial charge on any atom is -0.434 e. The normalized spacial score (nSPS) is 9.08. The number of hydrogen-bond acceptors (Lipinski definition) is 5. The van der Waals surface area contributed by atoms with E-state index in [9.17, 15) is 4.79 Å². The molecule has 1 heterocycles. The van der Waals surface area contributed by atoms with Gasteiger partial charge in [0, 0.05) is 0 Å². The lowest BCUT2D eigenvalue weighted by Crippen LogP contribution is -2.10. The summed E-state index contributed by atoms with van der Waals surface area (Å²) in [5, 5.41) is 0. The van der Waals surface area contributed by atoms with Crippen LogP contribution in [0.5, 0.6) is 5.75 Å². The third kappa shape index (κ3) is 2.53. The lowest BCUT2D eigenvalue weighted by atomic mass is 10.6. The summed E-state index contributed by atoms with van der Waals surface area (Å²) in [6, 6.07) is 0. The van der Waals surface area contributed by atoms with Gasteiger partial charge in [-0.2, -0.15) is 0 Å². The molecule has 0 aliphatic carbocycles. The Labute approximate surface area is 69.4 Å². The highest BCUT2D eigenvalue weighted by molar-refractivity contribution is 5.63. The van der Waals surface area contributed by atoms with Gasteiger partial charge in [-0.3, -0.25) is 0 Å². The Hall–Kier alpha value is -1.65. The molecule has 5 nitrogen and oxygen atoms in total. The standard InChI is InChI=1S/C7H8N2O3/c1-2-11-7(10)12-6-3-8-5-9-4-6/h3-5H,2H2,1H3. The number of hydrogen-bond donors (Lipinski definition) is 0. The second-order valence-electron chi connectivity index (χ2n) is 1.86. The zero-order chi connectivity index (χ0) is 8.81. The van der Waals surface area contributed by atoms with Crippen molar-refractivity contribution in [1.29, 1.82) is 0 Å². The molecule has 0 aliphatic rings. The highest BCUT2D eigenvalue weighted by Gasteiger charge is 2.03. The Kier molecular flexibility index (Phi) is 3.01. The van der Waals surface area contributed by atoms with Crippen LogP contribution >= 0.6 is 0 Å². The van der Waals surface area contributed by atoms with Crippen LogP contribution < -0.4 is 4.74 Å². The quantitative estimate of drug-likeness (QED) is 0.617. The van der Waals surface area contributed by atoms with E-state index in [0.29, 0.717) is 0 Å². The number of aromatic nitrogens is 2. The van der Waals surface area contributed by atoms with E-state index in [-0.39, 0.29) is 12.4 Å². The van der Waals surface area contributed by atoms with Gasteiger partial charge in [-0.1, -0.05) is 0 Å². The summed E-state index contributed by atoms with van der Waals surface area (Å²) in [5.41, 5.74) is 0. The maximum Gasteiger partial charge on any atom is 0.513 e. The molecule has 0 fully saturated rings. The summed E-state index contributed by atoms with van der Waals surface area (Å²) >= 11 is 0. The molecule has 0 atom stereocenters. The van der Waals surface area contributed by atoms with E-state index >= 15 is 0 Å². The topological polar surface area (TPSA) is 61.3 Å². The minimum atomic E-state index is -0.743. The maximum atomic E-state index is 10.7. The fourth-order valence-corrected chi connectivity index (χ4v) is 0.582. The van der Waals surface area contributed by atoms with Crippen LogP contribution in [0.1, 0.15) is 6.92 Å². The average molecular weight is 168 g/mol. The number of carbonyl (C=O) groups is 1. The van der Waals surface area contributed by atoms with Crippen molar-refractivity contribution in [2.24, 2.45) is 0 Å². The third-order valence-electron chi connectivity index (χ3n) is 1.00. The summed E-state index contributed by atoms with van der Waals surface area (Å²) in [7, 11) is 0. The van der Waals surface area contributed by atoms with Crippen LogP contribution in [0.4, 0.5) is 4.79 Å². The molecule has 0 aromatic carbocycles. The second-order valence-corrected chi connectivity index (χ2v) is 1.86. The number of ether oxygens (including phenoxy) is 2. The number of nitrogens with zero attached hydrogens (tertiary/aromatic N) is 2. The molecule has 12 heavy (non-hydrogen) atoms. The number of carbonyl (C=O) groups excluding carboxylic acids is 1. The highest BCUT2D eigenvalue weighted by Crippen LogP contribution is 2.04. The molecule has 0 spiro atoms. The molecule has 0 saturated heterocycles. The summed E-state index contributed by atoms with van der Waals surface area (Å²) in [6.45, 7) is 1.98. The van der Waals surface area contributed by atoms with Gasteiger partial charge in [-0.25, -0.2) is 14.8 Å². The SMILES string of the molecule is CCOC(=O)Oc1cncnc1. The summed E-state index contributed by atoms with van der Waals surface area (Å²) < 4.78 is 9.20. The molecule has 0 aliphatic heterocycles. The first-order chi connectivity index (χ1) is 5.83. The van der Waals surface area contributed by atoms with Gasteiger partial charge in [0.15, 0.2) is 5.75 Å². The fraction of sp³-hybridized carbons (Fsp3) is 0.286. The first-order valence-corrected chi connectivity index (χ1v) is 3.42. The molecule has 0 unspecified atom stereocenters. The predicted molar refractivity (Wildman–Crippen MR) is 39.7 cm³/mol. The molecule has 5 heteroatoms. The van der Waals surface area contributed by atoms with Crippen LogP contribution in [-0.4, -0.2) is 22.7 Å². The molecule has 1 aromatic heterocycles. The van der Waals surface area contributed by atoms with Gasteiger partial charge >= 0.3 is 6.16 Å². The molecular weight excluding hydrogens is 160 g/mol. The van der Waals surface area contributed by atoms with Crippen LogP contribution in [0.25, 0.3) is 0 Å². The Morgan fingerprint density at radius 2 is 2.17 bits per heavy atom. The van der Waals surface area contributed by atoms with Gasteiger partial charge in [-0.05, 0) is 6.92 Å². The summed E-state index contributed by atoms with van der Waals surface area (Å²) in [4.78, 5) is 18.0. The van der Waals surface area contributed by atoms with Crippen molar-refractivity contribution in [3.05, 3.63) is 18.7 Å². The largest absolute Gasteiger partial charge is 0.513 e. The van der Waals surface area contributed by atoms with Crippen LogP contribution in [0.3, 0.4) is 0 Å². The van der Waals surface area contributed by atoms with Crippen molar-refractivity contribution in [2.45, 2.75) is 6.92 Å². The van der Waals surface area contributed by atoms with Crippen molar-refractivity contribution < 1.29 is 14.3 Å². The van der Waals surface area contributed by atoms with Crippen LogP contribution in [-0.2, 0) is 4.74 Å². The van der Waals surface area contributed by atoms with E-state index in [1.54, 1.807) is 6.92 Å². The zero-order valence-corrected chi connectivity index (χ0v) is 6.56. The number of rotatable bonds is 2. The predicted octanol–water partition coefficient (Wildman–Crippen LogP) is 1.01. The Morgan fingerprint density at radius 3 is 2.75 bits per heavy atom. The summed E-state index contributed by atoms with van der Waals surface area (Å²) in [5.74, 6) is 0.274. The van der Waals surface area contributed by atoms with Gasteiger partial charge in [-0.15, -0.1) is 0 Å². The lowest BCUT2D eigenvalue weighted by Gasteiger charge is -2.01. The maximum absolute atomic E-state index is 10.7. The van der Waals surface area contributed by atoms with Gasteiger partial charge < -0.3 is 9.47 Å². The smallest absolute Gasteiger partial charge is 0.434 e. The molecule has 0 bridgehead atoms. The minimum absolute atomic E-state index is 0.274. The highest BCUT2D eigenvalue weighted by atomic mass is 16.7. The fourth-order valence-electron chi connectivity index (χ4n) is 0.582. The molecule has 0 N–H and O–H groups in total. The van der Waals surface area contributed by atoms with E-state index in [4.69, 9.17) is 0 Å². The van der Waals surface area contributed by atoms with Crippen molar-refractivity contribution in [3.8, 4) is 5.75 Å². The van der Waals surface area contributed by atoms with Gasteiger partial charge in [0.05, 0.1) is 19.0 Å². The van der Waals surface area contributed by atoms with E-state index in [1.165, 1.54) is 18.7 Å². The monoisotopic (exact) mass is 168 g/mol. The molecule has 0 radical (unpaired) electrons. The third-order valence-corrected chi connectivity index (χ3v) is 1.00. The Bertz CT molecular complexity index is 250. The summed E-state index contributed by atoms with van der Waals surface area (Å²) in [6.07, 6.45) is 3.36. The van der Waals surface area contributed by atoms with Crippen molar-refractivity contribution in [1.82, 2.24) is 9.97 Å². The van der Waals surface area contributed by atoms with E-state index in [1.807, 2.05) is 0 Å². The van der Waals surface area contributed by atoms with Crippen LogP contribution in [0.2, 0.25) is 0 Å². The first-order valence-electron chi connectivity index (χ1n) is 3.42. The van der Waals surface area contributed by atoms with Crippen LogP contribution in [0.15, 0.2) is 18.7 Å². The van der Waals surface area contributed by atoms with Crippen LogP contribution in [0, 0.1) is 0 Å².